The molecule has 2 N–H and O–H groups in total. The fourth-order valence-electron chi connectivity index (χ4n) is 3.21. The van der Waals surface area contributed by atoms with Crippen molar-refractivity contribution in [3.63, 3.8) is 0 Å². The van der Waals surface area contributed by atoms with Gasteiger partial charge < -0.3 is 15.4 Å². The van der Waals surface area contributed by atoms with Gasteiger partial charge >= 0.3 is 0 Å². The molecule has 1 heterocycles. The number of halogens is 1. The van der Waals surface area contributed by atoms with Gasteiger partial charge in [-0.15, -0.1) is 24.0 Å². The molecule has 27 heavy (non-hydrogen) atoms. The van der Waals surface area contributed by atoms with Gasteiger partial charge in [-0.3, -0.25) is 9.89 Å². The molecule has 1 unspecified atom stereocenters. The van der Waals surface area contributed by atoms with Gasteiger partial charge in [0, 0.05) is 30.4 Å². The lowest BCUT2D eigenvalue weighted by molar-refractivity contribution is 0.239. The first-order chi connectivity index (χ1) is 12.5. The van der Waals surface area contributed by atoms with Gasteiger partial charge in [-0.25, -0.2) is 0 Å². The average molecular weight is 506 g/mol. The van der Waals surface area contributed by atoms with E-state index in [9.17, 15) is 0 Å². The number of rotatable bonds is 8. The summed E-state index contributed by atoms with van der Waals surface area (Å²) in [7, 11) is 3.58. The maximum atomic E-state index is 5.62. The van der Waals surface area contributed by atoms with Crippen LogP contribution in [0.15, 0.2) is 29.3 Å². The molecule has 0 bridgehead atoms. The Bertz CT molecular complexity index is 591. The highest BCUT2D eigenvalue weighted by Gasteiger charge is 2.26. The number of benzene rings is 1. The van der Waals surface area contributed by atoms with Crippen molar-refractivity contribution in [3.05, 3.63) is 29.8 Å². The Morgan fingerprint density at radius 3 is 2.52 bits per heavy atom. The van der Waals surface area contributed by atoms with Crippen molar-refractivity contribution in [1.29, 1.82) is 0 Å². The standard InChI is InChI=1S/C20H34N4OS.HI/c1-20(2,26-5)15-23-19(21-3)22-14-17(24-12-8-9-13-24)16-10-6-7-11-18(16)25-4;/h6-7,10-11,17H,8-9,12-15H2,1-5H3,(H2,21,22,23);1H. The number of nitrogens with zero attached hydrogens (tertiary/aromatic N) is 2. The summed E-state index contributed by atoms with van der Waals surface area (Å²) in [4.78, 5) is 6.94. The average Bonchev–Trinajstić information content (AvgIpc) is 3.19. The maximum absolute atomic E-state index is 5.62. The molecule has 2 rings (SSSR count). The Hall–Kier alpha value is -0.670. The van der Waals surface area contributed by atoms with E-state index in [1.54, 1.807) is 7.11 Å². The third-order valence-corrected chi connectivity index (χ3v) is 6.25. The molecule has 1 aromatic rings. The van der Waals surface area contributed by atoms with Crippen LogP contribution in [0.5, 0.6) is 5.75 Å². The van der Waals surface area contributed by atoms with Gasteiger partial charge in [-0.2, -0.15) is 11.8 Å². The molecule has 1 fully saturated rings. The smallest absolute Gasteiger partial charge is 0.191 e. The molecule has 0 saturated carbocycles. The molecule has 0 amide bonds. The lowest BCUT2D eigenvalue weighted by Crippen LogP contribution is -2.46. The van der Waals surface area contributed by atoms with Gasteiger partial charge in [0.2, 0.25) is 0 Å². The first kappa shape index (κ1) is 24.4. The highest BCUT2D eigenvalue weighted by atomic mass is 127. The van der Waals surface area contributed by atoms with E-state index in [1.807, 2.05) is 30.9 Å². The Balaban J connectivity index is 0.00000364. The zero-order valence-corrected chi connectivity index (χ0v) is 20.4. The zero-order chi connectivity index (χ0) is 19.0. The quantitative estimate of drug-likeness (QED) is 0.320. The van der Waals surface area contributed by atoms with Crippen LogP contribution < -0.4 is 15.4 Å². The second kappa shape index (κ2) is 12.0. The van der Waals surface area contributed by atoms with Gasteiger partial charge in [-0.05, 0) is 52.1 Å². The van der Waals surface area contributed by atoms with Crippen molar-refractivity contribution in [1.82, 2.24) is 15.5 Å². The molecular weight excluding hydrogens is 471 g/mol. The molecule has 1 aromatic carbocycles. The van der Waals surface area contributed by atoms with E-state index >= 15 is 0 Å². The van der Waals surface area contributed by atoms with E-state index in [1.165, 1.54) is 18.4 Å². The van der Waals surface area contributed by atoms with Gasteiger partial charge in [0.25, 0.3) is 0 Å². The van der Waals surface area contributed by atoms with Crippen LogP contribution >= 0.6 is 35.7 Å². The van der Waals surface area contributed by atoms with Crippen LogP contribution in [-0.4, -0.2) is 62.2 Å². The van der Waals surface area contributed by atoms with Crippen molar-refractivity contribution in [2.24, 2.45) is 4.99 Å². The number of methoxy groups -OCH3 is 1. The van der Waals surface area contributed by atoms with Gasteiger partial charge in [0.05, 0.1) is 13.2 Å². The SMILES string of the molecule is CN=C(NCC(c1ccccc1OC)N1CCCC1)NCC(C)(C)SC.I. The van der Waals surface area contributed by atoms with Crippen molar-refractivity contribution >= 4 is 41.7 Å². The summed E-state index contributed by atoms with van der Waals surface area (Å²) in [5.41, 5.74) is 1.24. The topological polar surface area (TPSA) is 48.9 Å². The van der Waals surface area contributed by atoms with Crippen molar-refractivity contribution < 1.29 is 4.74 Å². The van der Waals surface area contributed by atoms with E-state index in [0.29, 0.717) is 0 Å². The summed E-state index contributed by atoms with van der Waals surface area (Å²) in [6.45, 7) is 8.42. The normalized spacial score (nSPS) is 16.6. The Labute approximate surface area is 186 Å². The minimum absolute atomic E-state index is 0. The summed E-state index contributed by atoms with van der Waals surface area (Å²) in [5.74, 6) is 1.81. The fraction of sp³-hybridized carbons (Fsp3) is 0.650. The van der Waals surface area contributed by atoms with Gasteiger partial charge in [-0.1, -0.05) is 18.2 Å². The van der Waals surface area contributed by atoms with Gasteiger partial charge in [0.1, 0.15) is 5.75 Å². The first-order valence-corrected chi connectivity index (χ1v) is 10.6. The van der Waals surface area contributed by atoms with Crippen LogP contribution in [0, 0.1) is 0 Å². The molecule has 5 nitrogen and oxygen atoms in total. The predicted molar refractivity (Wildman–Crippen MR) is 129 cm³/mol. The lowest BCUT2D eigenvalue weighted by atomic mass is 10.0. The van der Waals surface area contributed by atoms with E-state index in [4.69, 9.17) is 4.74 Å². The monoisotopic (exact) mass is 506 g/mol. The number of guanidine groups is 1. The summed E-state index contributed by atoms with van der Waals surface area (Å²) in [5, 5.41) is 6.98. The van der Waals surface area contributed by atoms with E-state index in [0.717, 1.165) is 37.9 Å². The molecule has 7 heteroatoms. The molecule has 1 atom stereocenters. The minimum Gasteiger partial charge on any atom is -0.496 e. The summed E-state index contributed by atoms with van der Waals surface area (Å²) < 4.78 is 5.80. The van der Waals surface area contributed by atoms with Crippen LogP contribution in [0.4, 0.5) is 0 Å². The molecule has 0 spiro atoms. The molecule has 1 aliphatic rings. The van der Waals surface area contributed by atoms with E-state index in [-0.39, 0.29) is 34.8 Å². The van der Waals surface area contributed by atoms with Crippen LogP contribution in [-0.2, 0) is 0 Å². The van der Waals surface area contributed by atoms with Crippen LogP contribution in [0.2, 0.25) is 0 Å². The summed E-state index contributed by atoms with van der Waals surface area (Å²) in [6, 6.07) is 8.63. The Kier molecular flexibility index (Phi) is 10.8. The molecule has 0 aliphatic carbocycles. The van der Waals surface area contributed by atoms with Crippen LogP contribution in [0.1, 0.15) is 38.3 Å². The highest BCUT2D eigenvalue weighted by Crippen LogP contribution is 2.31. The largest absolute Gasteiger partial charge is 0.496 e. The summed E-state index contributed by atoms with van der Waals surface area (Å²) >= 11 is 1.86. The number of nitrogens with one attached hydrogen (secondary N) is 2. The third-order valence-electron chi connectivity index (χ3n) is 5.00. The van der Waals surface area contributed by atoms with Crippen molar-refractivity contribution in [3.8, 4) is 5.75 Å². The number of ether oxygens (including phenoxy) is 1. The van der Waals surface area contributed by atoms with Gasteiger partial charge in [0.15, 0.2) is 5.96 Å². The Morgan fingerprint density at radius 2 is 1.93 bits per heavy atom. The number of aliphatic imine (C=N–C) groups is 1. The molecule has 154 valence electrons. The lowest BCUT2D eigenvalue weighted by Gasteiger charge is -2.30. The maximum Gasteiger partial charge on any atom is 0.191 e. The third kappa shape index (κ3) is 7.34. The Morgan fingerprint density at radius 1 is 1.26 bits per heavy atom. The number of hydrogen-bond acceptors (Lipinski definition) is 4. The zero-order valence-electron chi connectivity index (χ0n) is 17.2. The number of para-hydroxylation sites is 1. The van der Waals surface area contributed by atoms with E-state index < -0.39 is 0 Å². The predicted octanol–water partition coefficient (Wildman–Crippen LogP) is 3.76. The van der Waals surface area contributed by atoms with Crippen LogP contribution in [0.3, 0.4) is 0 Å². The fourth-order valence-corrected chi connectivity index (χ4v) is 3.43. The highest BCUT2D eigenvalue weighted by molar-refractivity contribution is 14.0. The second-order valence-electron chi connectivity index (χ2n) is 7.27. The molecular formula is C20H35IN4OS. The summed E-state index contributed by atoms with van der Waals surface area (Å²) in [6.07, 6.45) is 4.67. The van der Waals surface area contributed by atoms with Crippen LogP contribution in [0.25, 0.3) is 0 Å². The minimum atomic E-state index is 0. The number of thioether (sulfide) groups is 1. The van der Waals surface area contributed by atoms with E-state index in [2.05, 4.69) is 52.8 Å². The molecule has 0 aromatic heterocycles. The van der Waals surface area contributed by atoms with Crippen molar-refractivity contribution in [2.75, 3.05) is 46.6 Å². The molecule has 1 aliphatic heterocycles. The number of likely N-dealkylation sites (tertiary alicyclic amines) is 1. The molecule has 1 saturated heterocycles. The second-order valence-corrected chi connectivity index (χ2v) is 8.78. The van der Waals surface area contributed by atoms with Crippen molar-refractivity contribution in [2.45, 2.75) is 37.5 Å². The first-order valence-electron chi connectivity index (χ1n) is 9.37. The molecule has 0 radical (unpaired) electrons. The number of hydrogen-bond donors (Lipinski definition) is 2.